The molecule has 30 heavy (non-hydrogen) atoms. The van der Waals surface area contributed by atoms with Crippen molar-refractivity contribution in [3.8, 4) is 17.1 Å². The molecular formula is C23H19N5O2. The van der Waals surface area contributed by atoms with Gasteiger partial charge >= 0.3 is 0 Å². The molecular weight excluding hydrogens is 378 g/mol. The molecule has 4 aromatic rings. The summed E-state index contributed by atoms with van der Waals surface area (Å²) in [7, 11) is 0. The SMILES string of the molecule is CC(=O)Nc1ccc(NC(=O)c2nc(-c3ccccc3)n(-c3ccccc3)n2)cc1. The molecule has 7 heteroatoms. The molecule has 0 unspecified atom stereocenters. The average molecular weight is 397 g/mol. The Kier molecular flexibility index (Phi) is 5.34. The van der Waals surface area contributed by atoms with Crippen LogP contribution in [0.5, 0.6) is 0 Å². The predicted molar refractivity (Wildman–Crippen MR) is 115 cm³/mol. The van der Waals surface area contributed by atoms with Gasteiger partial charge in [-0.25, -0.2) is 9.67 Å². The Morgan fingerprint density at radius 1 is 0.767 bits per heavy atom. The van der Waals surface area contributed by atoms with Crippen LogP contribution in [0.3, 0.4) is 0 Å². The second-order valence-corrected chi connectivity index (χ2v) is 6.59. The van der Waals surface area contributed by atoms with Crippen LogP contribution in [0, 0.1) is 0 Å². The van der Waals surface area contributed by atoms with Crippen molar-refractivity contribution in [1.29, 1.82) is 0 Å². The molecule has 0 radical (unpaired) electrons. The molecule has 0 atom stereocenters. The fourth-order valence-electron chi connectivity index (χ4n) is 2.96. The highest BCUT2D eigenvalue weighted by atomic mass is 16.2. The zero-order chi connectivity index (χ0) is 20.9. The first-order valence-electron chi connectivity index (χ1n) is 9.37. The summed E-state index contributed by atoms with van der Waals surface area (Å²) in [5.74, 6) is 0.0571. The van der Waals surface area contributed by atoms with Crippen molar-refractivity contribution in [3.63, 3.8) is 0 Å². The molecule has 0 fully saturated rings. The van der Waals surface area contributed by atoms with Crippen LogP contribution in [0.1, 0.15) is 17.5 Å². The first-order chi connectivity index (χ1) is 14.6. The van der Waals surface area contributed by atoms with Crippen LogP contribution in [0.2, 0.25) is 0 Å². The summed E-state index contributed by atoms with van der Waals surface area (Å²) in [6, 6.07) is 26.0. The molecule has 0 saturated heterocycles. The molecule has 0 aliphatic rings. The van der Waals surface area contributed by atoms with Crippen molar-refractivity contribution in [3.05, 3.63) is 90.8 Å². The van der Waals surface area contributed by atoms with Gasteiger partial charge in [0.15, 0.2) is 5.82 Å². The van der Waals surface area contributed by atoms with E-state index in [1.165, 1.54) is 6.92 Å². The van der Waals surface area contributed by atoms with Gasteiger partial charge < -0.3 is 10.6 Å². The highest BCUT2D eigenvalue weighted by molar-refractivity contribution is 6.02. The molecule has 148 valence electrons. The van der Waals surface area contributed by atoms with Gasteiger partial charge in [0.05, 0.1) is 5.69 Å². The van der Waals surface area contributed by atoms with Crippen molar-refractivity contribution >= 4 is 23.2 Å². The number of carbonyl (C=O) groups excluding carboxylic acids is 2. The van der Waals surface area contributed by atoms with Gasteiger partial charge in [-0.1, -0.05) is 48.5 Å². The number of rotatable bonds is 5. The molecule has 0 bridgehead atoms. The first-order valence-corrected chi connectivity index (χ1v) is 9.37. The summed E-state index contributed by atoms with van der Waals surface area (Å²) in [5.41, 5.74) is 2.89. The highest BCUT2D eigenvalue weighted by Crippen LogP contribution is 2.21. The van der Waals surface area contributed by atoms with Gasteiger partial charge in [0.25, 0.3) is 5.91 Å². The zero-order valence-electron chi connectivity index (χ0n) is 16.2. The van der Waals surface area contributed by atoms with Crippen LogP contribution < -0.4 is 10.6 Å². The van der Waals surface area contributed by atoms with Crippen LogP contribution >= 0.6 is 0 Å². The molecule has 1 aromatic heterocycles. The van der Waals surface area contributed by atoms with E-state index in [2.05, 4.69) is 20.7 Å². The summed E-state index contributed by atoms with van der Waals surface area (Å²) in [4.78, 5) is 28.4. The third-order valence-electron chi connectivity index (χ3n) is 4.31. The molecule has 0 aliphatic heterocycles. The predicted octanol–water partition coefficient (Wildman–Crippen LogP) is 4.15. The van der Waals surface area contributed by atoms with Gasteiger partial charge in [-0.05, 0) is 36.4 Å². The smallest absolute Gasteiger partial charge is 0.295 e. The maximum Gasteiger partial charge on any atom is 0.295 e. The summed E-state index contributed by atoms with van der Waals surface area (Å²) in [6.45, 7) is 1.44. The second kappa shape index (κ2) is 8.40. The van der Waals surface area contributed by atoms with Crippen molar-refractivity contribution in [2.45, 2.75) is 6.92 Å². The molecule has 0 aliphatic carbocycles. The van der Waals surface area contributed by atoms with Crippen molar-refractivity contribution in [2.24, 2.45) is 0 Å². The molecule has 7 nitrogen and oxygen atoms in total. The minimum atomic E-state index is -0.422. The highest BCUT2D eigenvalue weighted by Gasteiger charge is 2.18. The normalized spacial score (nSPS) is 10.4. The number of aromatic nitrogens is 3. The Morgan fingerprint density at radius 2 is 1.33 bits per heavy atom. The molecule has 2 N–H and O–H groups in total. The van der Waals surface area contributed by atoms with Gasteiger partial charge in [0, 0.05) is 23.9 Å². The number of carbonyl (C=O) groups is 2. The number of nitrogens with one attached hydrogen (secondary N) is 2. The van der Waals surface area contributed by atoms with Crippen molar-refractivity contribution in [2.75, 3.05) is 10.6 Å². The number of hydrogen-bond donors (Lipinski definition) is 2. The third-order valence-corrected chi connectivity index (χ3v) is 4.31. The van der Waals surface area contributed by atoms with Crippen molar-refractivity contribution in [1.82, 2.24) is 14.8 Å². The van der Waals surface area contributed by atoms with E-state index in [4.69, 9.17) is 0 Å². The number of para-hydroxylation sites is 1. The van der Waals surface area contributed by atoms with Gasteiger partial charge in [-0.2, -0.15) is 0 Å². The van der Waals surface area contributed by atoms with Crippen molar-refractivity contribution < 1.29 is 9.59 Å². The number of benzene rings is 3. The summed E-state index contributed by atoms with van der Waals surface area (Å²) in [6.07, 6.45) is 0. The lowest BCUT2D eigenvalue weighted by Crippen LogP contribution is -2.14. The monoisotopic (exact) mass is 397 g/mol. The maximum absolute atomic E-state index is 12.8. The Labute approximate surface area is 173 Å². The summed E-state index contributed by atoms with van der Waals surface area (Å²) in [5, 5.41) is 9.92. The number of anilines is 2. The minimum absolute atomic E-state index is 0.0589. The second-order valence-electron chi connectivity index (χ2n) is 6.59. The van der Waals surface area contributed by atoms with E-state index in [1.807, 2.05) is 60.7 Å². The Bertz CT molecular complexity index is 1110. The molecule has 4 rings (SSSR count). The fourth-order valence-corrected chi connectivity index (χ4v) is 2.96. The van der Waals surface area contributed by atoms with E-state index >= 15 is 0 Å². The van der Waals surface area contributed by atoms with Crippen LogP contribution in [0.25, 0.3) is 17.1 Å². The fraction of sp³-hybridized carbons (Fsp3) is 0.0435. The lowest BCUT2D eigenvalue weighted by molar-refractivity contribution is -0.114. The minimum Gasteiger partial charge on any atom is -0.326 e. The third kappa shape index (κ3) is 4.25. The molecule has 2 amide bonds. The average Bonchev–Trinajstić information content (AvgIpc) is 3.22. The molecule has 0 spiro atoms. The summed E-state index contributed by atoms with van der Waals surface area (Å²) < 4.78 is 1.66. The van der Waals surface area contributed by atoms with E-state index in [0.29, 0.717) is 17.2 Å². The van der Waals surface area contributed by atoms with E-state index in [-0.39, 0.29) is 11.7 Å². The van der Waals surface area contributed by atoms with Gasteiger partial charge in [0.1, 0.15) is 0 Å². The van der Waals surface area contributed by atoms with E-state index in [9.17, 15) is 9.59 Å². The summed E-state index contributed by atoms with van der Waals surface area (Å²) >= 11 is 0. The number of nitrogens with zero attached hydrogens (tertiary/aromatic N) is 3. The molecule has 1 heterocycles. The standard InChI is InChI=1S/C23H19N5O2/c1-16(29)24-18-12-14-19(15-13-18)25-23(30)21-26-22(17-8-4-2-5-9-17)28(27-21)20-10-6-3-7-11-20/h2-15H,1H3,(H,24,29)(H,25,30). The number of amides is 2. The molecule has 0 saturated carbocycles. The maximum atomic E-state index is 12.8. The lowest BCUT2D eigenvalue weighted by Gasteiger charge is -2.05. The van der Waals surface area contributed by atoms with Crippen LogP contribution in [0.4, 0.5) is 11.4 Å². The van der Waals surface area contributed by atoms with Crippen LogP contribution in [-0.4, -0.2) is 26.6 Å². The van der Waals surface area contributed by atoms with E-state index in [0.717, 1.165) is 11.3 Å². The van der Waals surface area contributed by atoms with Gasteiger partial charge in [0.2, 0.25) is 11.7 Å². The zero-order valence-corrected chi connectivity index (χ0v) is 16.2. The Morgan fingerprint density at radius 3 is 1.93 bits per heavy atom. The Hall–Kier alpha value is -4.26. The Balaban J connectivity index is 1.63. The first kappa shape index (κ1) is 19.1. The lowest BCUT2D eigenvalue weighted by atomic mass is 10.2. The van der Waals surface area contributed by atoms with Gasteiger partial charge in [-0.15, -0.1) is 5.10 Å². The number of hydrogen-bond acceptors (Lipinski definition) is 4. The van der Waals surface area contributed by atoms with Gasteiger partial charge in [-0.3, -0.25) is 9.59 Å². The van der Waals surface area contributed by atoms with E-state index < -0.39 is 5.91 Å². The quantitative estimate of drug-likeness (QED) is 0.530. The topological polar surface area (TPSA) is 88.9 Å². The van der Waals surface area contributed by atoms with E-state index in [1.54, 1.807) is 28.9 Å². The molecule has 3 aromatic carbocycles. The van der Waals surface area contributed by atoms with Crippen LogP contribution in [0.15, 0.2) is 84.9 Å². The van der Waals surface area contributed by atoms with Crippen LogP contribution in [-0.2, 0) is 4.79 Å². The largest absolute Gasteiger partial charge is 0.326 e.